The van der Waals surface area contributed by atoms with E-state index in [2.05, 4.69) is 4.74 Å². The SMILES string of the molecule is COC(=O)CCCCCCC1C(O)CC(O)C1CCC(O)CCc1ccccc1F. The topological polar surface area (TPSA) is 87.0 Å². The summed E-state index contributed by atoms with van der Waals surface area (Å²) in [5, 5.41) is 31.1. The Bertz CT molecular complexity index is 638. The lowest BCUT2D eigenvalue weighted by Gasteiger charge is -2.24. The van der Waals surface area contributed by atoms with E-state index in [1.807, 2.05) is 0 Å². The van der Waals surface area contributed by atoms with Crippen molar-refractivity contribution in [3.05, 3.63) is 35.6 Å². The van der Waals surface area contributed by atoms with E-state index in [0.717, 1.165) is 32.1 Å². The van der Waals surface area contributed by atoms with Crippen molar-refractivity contribution in [1.29, 1.82) is 0 Å². The maximum absolute atomic E-state index is 13.7. The number of hydrogen-bond donors (Lipinski definition) is 3. The average molecular weight is 425 g/mol. The molecular weight excluding hydrogens is 387 g/mol. The maximum atomic E-state index is 13.7. The lowest BCUT2D eigenvalue weighted by atomic mass is 9.84. The zero-order chi connectivity index (χ0) is 21.9. The zero-order valence-electron chi connectivity index (χ0n) is 18.0. The van der Waals surface area contributed by atoms with E-state index in [9.17, 15) is 24.5 Å². The highest BCUT2D eigenvalue weighted by molar-refractivity contribution is 5.68. The van der Waals surface area contributed by atoms with E-state index in [4.69, 9.17) is 0 Å². The van der Waals surface area contributed by atoms with Crippen LogP contribution in [0.15, 0.2) is 24.3 Å². The van der Waals surface area contributed by atoms with Gasteiger partial charge in [-0.2, -0.15) is 0 Å². The first-order valence-corrected chi connectivity index (χ1v) is 11.3. The van der Waals surface area contributed by atoms with Gasteiger partial charge in [-0.25, -0.2) is 4.39 Å². The number of aryl methyl sites for hydroxylation is 1. The van der Waals surface area contributed by atoms with Gasteiger partial charge >= 0.3 is 5.97 Å². The second kappa shape index (κ2) is 13.0. The van der Waals surface area contributed by atoms with E-state index in [0.29, 0.717) is 44.1 Å². The molecule has 5 unspecified atom stereocenters. The normalized spacial score (nSPS) is 24.7. The molecule has 1 aromatic carbocycles. The van der Waals surface area contributed by atoms with Crippen LogP contribution in [0.1, 0.15) is 69.8 Å². The monoisotopic (exact) mass is 424 g/mol. The second-order valence-electron chi connectivity index (χ2n) is 8.59. The molecule has 1 aromatic rings. The van der Waals surface area contributed by atoms with Gasteiger partial charge in [0.15, 0.2) is 0 Å². The van der Waals surface area contributed by atoms with Gasteiger partial charge in [0.25, 0.3) is 0 Å². The van der Waals surface area contributed by atoms with Crippen LogP contribution in [0.3, 0.4) is 0 Å². The molecule has 6 heteroatoms. The molecule has 0 amide bonds. The Morgan fingerprint density at radius 1 is 1.07 bits per heavy atom. The molecular formula is C24H37FO5. The molecule has 1 aliphatic rings. The summed E-state index contributed by atoms with van der Waals surface area (Å²) in [4.78, 5) is 11.1. The maximum Gasteiger partial charge on any atom is 0.305 e. The smallest absolute Gasteiger partial charge is 0.305 e. The summed E-state index contributed by atoms with van der Waals surface area (Å²) in [6.07, 6.45) is 5.92. The van der Waals surface area contributed by atoms with Crippen molar-refractivity contribution in [2.24, 2.45) is 11.8 Å². The first-order chi connectivity index (χ1) is 14.4. The predicted molar refractivity (Wildman–Crippen MR) is 113 cm³/mol. The Morgan fingerprint density at radius 2 is 1.73 bits per heavy atom. The molecule has 0 heterocycles. The Labute approximate surface area is 179 Å². The lowest BCUT2D eigenvalue weighted by molar-refractivity contribution is -0.140. The Balaban J connectivity index is 1.70. The van der Waals surface area contributed by atoms with Gasteiger partial charge in [-0.3, -0.25) is 4.79 Å². The standard InChI is InChI=1S/C24H37FO5/c1-30-24(29)11-5-3-2-4-9-19-20(23(28)16-22(19)27)15-14-18(26)13-12-17-8-6-7-10-21(17)25/h6-8,10,18-20,22-23,26-28H,2-5,9,11-16H2,1H3. The molecule has 3 N–H and O–H groups in total. The molecule has 0 bridgehead atoms. The van der Waals surface area contributed by atoms with Crippen LogP contribution in [-0.4, -0.2) is 46.7 Å². The molecule has 2 rings (SSSR count). The minimum atomic E-state index is -0.548. The summed E-state index contributed by atoms with van der Waals surface area (Å²) in [6.45, 7) is 0. The third-order valence-electron chi connectivity index (χ3n) is 6.46. The lowest BCUT2D eigenvalue weighted by Crippen LogP contribution is -2.24. The average Bonchev–Trinajstić information content (AvgIpc) is 3.00. The zero-order valence-corrected chi connectivity index (χ0v) is 18.0. The van der Waals surface area contributed by atoms with Gasteiger partial charge in [0.1, 0.15) is 5.82 Å². The van der Waals surface area contributed by atoms with Crippen molar-refractivity contribution in [2.75, 3.05) is 7.11 Å². The van der Waals surface area contributed by atoms with Crippen LogP contribution in [0.2, 0.25) is 0 Å². The van der Waals surface area contributed by atoms with Crippen LogP contribution in [0, 0.1) is 17.7 Å². The van der Waals surface area contributed by atoms with Gasteiger partial charge < -0.3 is 20.1 Å². The van der Waals surface area contributed by atoms with Crippen molar-refractivity contribution >= 4 is 5.97 Å². The van der Waals surface area contributed by atoms with Crippen molar-refractivity contribution in [2.45, 2.75) is 88.9 Å². The minimum Gasteiger partial charge on any atom is -0.469 e. The van der Waals surface area contributed by atoms with Crippen LogP contribution in [0.4, 0.5) is 4.39 Å². The van der Waals surface area contributed by atoms with Gasteiger partial charge in [0.05, 0.1) is 25.4 Å². The number of aliphatic hydroxyl groups is 3. The molecule has 0 radical (unpaired) electrons. The van der Waals surface area contributed by atoms with E-state index >= 15 is 0 Å². The number of benzene rings is 1. The molecule has 1 aliphatic carbocycles. The number of rotatable bonds is 13. The fourth-order valence-electron chi connectivity index (χ4n) is 4.64. The van der Waals surface area contributed by atoms with Gasteiger partial charge in [-0.05, 0) is 68.4 Å². The van der Waals surface area contributed by atoms with Crippen molar-refractivity contribution in [3.63, 3.8) is 0 Å². The van der Waals surface area contributed by atoms with E-state index in [-0.39, 0.29) is 23.6 Å². The molecule has 0 aliphatic heterocycles. The highest BCUT2D eigenvalue weighted by Crippen LogP contribution is 2.39. The molecule has 0 spiro atoms. The minimum absolute atomic E-state index is 0.0156. The van der Waals surface area contributed by atoms with E-state index < -0.39 is 18.3 Å². The van der Waals surface area contributed by atoms with Crippen molar-refractivity contribution in [1.82, 2.24) is 0 Å². The quantitative estimate of drug-likeness (QED) is 0.331. The summed E-state index contributed by atoms with van der Waals surface area (Å²) in [6, 6.07) is 6.61. The first-order valence-electron chi connectivity index (χ1n) is 11.3. The molecule has 5 atom stereocenters. The number of unbranched alkanes of at least 4 members (excludes halogenated alkanes) is 3. The number of methoxy groups -OCH3 is 1. The highest BCUT2D eigenvalue weighted by Gasteiger charge is 2.40. The fourth-order valence-corrected chi connectivity index (χ4v) is 4.64. The fraction of sp³-hybridized carbons (Fsp3) is 0.708. The number of hydrogen-bond acceptors (Lipinski definition) is 5. The van der Waals surface area contributed by atoms with Crippen LogP contribution < -0.4 is 0 Å². The number of halogens is 1. The Morgan fingerprint density at radius 3 is 2.43 bits per heavy atom. The molecule has 30 heavy (non-hydrogen) atoms. The van der Waals surface area contributed by atoms with Crippen molar-refractivity contribution < 1.29 is 29.2 Å². The van der Waals surface area contributed by atoms with Gasteiger partial charge in [0, 0.05) is 6.42 Å². The summed E-state index contributed by atoms with van der Waals surface area (Å²) in [5.41, 5.74) is 0.609. The molecule has 5 nitrogen and oxygen atoms in total. The van der Waals surface area contributed by atoms with E-state index in [1.165, 1.54) is 13.2 Å². The summed E-state index contributed by atoms with van der Waals surface area (Å²) in [7, 11) is 1.39. The Hall–Kier alpha value is -1.50. The summed E-state index contributed by atoms with van der Waals surface area (Å²) < 4.78 is 18.3. The van der Waals surface area contributed by atoms with Crippen LogP contribution in [-0.2, 0) is 16.0 Å². The first kappa shape index (κ1) is 24.8. The van der Waals surface area contributed by atoms with Crippen LogP contribution >= 0.6 is 0 Å². The number of ether oxygens (including phenoxy) is 1. The predicted octanol–water partition coefficient (Wildman–Crippen LogP) is 3.77. The molecule has 1 fully saturated rings. The molecule has 1 saturated carbocycles. The van der Waals surface area contributed by atoms with Crippen LogP contribution in [0.25, 0.3) is 0 Å². The summed E-state index contributed by atoms with van der Waals surface area (Å²) >= 11 is 0. The number of carbonyl (C=O) groups is 1. The largest absolute Gasteiger partial charge is 0.469 e. The third kappa shape index (κ3) is 7.97. The highest BCUT2D eigenvalue weighted by atomic mass is 19.1. The van der Waals surface area contributed by atoms with Gasteiger partial charge in [-0.15, -0.1) is 0 Å². The Kier molecular flexibility index (Phi) is 10.8. The van der Waals surface area contributed by atoms with Gasteiger partial charge in [0.2, 0.25) is 0 Å². The molecule has 0 saturated heterocycles. The van der Waals surface area contributed by atoms with Gasteiger partial charge in [-0.1, -0.05) is 37.5 Å². The number of aliphatic hydroxyl groups excluding tert-OH is 3. The molecule has 170 valence electrons. The van der Waals surface area contributed by atoms with Crippen molar-refractivity contribution in [3.8, 4) is 0 Å². The van der Waals surface area contributed by atoms with E-state index in [1.54, 1.807) is 18.2 Å². The van der Waals surface area contributed by atoms with Crippen LogP contribution in [0.5, 0.6) is 0 Å². The number of carbonyl (C=O) groups excluding carboxylic acids is 1. The number of esters is 1. The molecule has 0 aromatic heterocycles. The summed E-state index contributed by atoms with van der Waals surface area (Å²) in [5.74, 6) is -0.402. The third-order valence-corrected chi connectivity index (χ3v) is 6.46. The second-order valence-corrected chi connectivity index (χ2v) is 8.59.